The highest BCUT2D eigenvalue weighted by Crippen LogP contribution is 2.31. The summed E-state index contributed by atoms with van der Waals surface area (Å²) in [6.45, 7) is 0. The molecule has 0 spiro atoms. The first-order chi connectivity index (χ1) is 8.74. The molecule has 0 aliphatic carbocycles. The van der Waals surface area contributed by atoms with E-state index in [1.165, 1.54) is 0 Å². The van der Waals surface area contributed by atoms with Crippen molar-refractivity contribution in [2.45, 2.75) is 0 Å². The number of hydrogen-bond acceptors (Lipinski definition) is 2. The number of nitrogens with zero attached hydrogens (tertiary/aromatic N) is 1. The van der Waals surface area contributed by atoms with Crippen molar-refractivity contribution in [1.82, 2.24) is 4.98 Å². The summed E-state index contributed by atoms with van der Waals surface area (Å²) >= 11 is 6.22. The Hall–Kier alpha value is -2.06. The average molecular weight is 255 g/mol. The molecule has 18 heavy (non-hydrogen) atoms. The van der Waals surface area contributed by atoms with Crippen LogP contribution in [0.1, 0.15) is 0 Å². The van der Waals surface area contributed by atoms with E-state index >= 15 is 0 Å². The molecule has 88 valence electrons. The Morgan fingerprint density at radius 2 is 1.89 bits per heavy atom. The van der Waals surface area contributed by atoms with Crippen molar-refractivity contribution in [3.8, 4) is 11.1 Å². The fourth-order valence-electron chi connectivity index (χ4n) is 2.01. The first-order valence-electron chi connectivity index (χ1n) is 5.64. The highest BCUT2D eigenvalue weighted by atomic mass is 35.5. The largest absolute Gasteiger partial charge is 0.399 e. The summed E-state index contributed by atoms with van der Waals surface area (Å²) in [5.74, 6) is 0. The molecule has 0 fully saturated rings. The molecule has 0 atom stereocenters. The number of pyridine rings is 1. The molecular weight excluding hydrogens is 244 g/mol. The maximum absolute atomic E-state index is 6.22. The lowest BCUT2D eigenvalue weighted by Crippen LogP contribution is -1.86. The van der Waals surface area contributed by atoms with Gasteiger partial charge in [-0.15, -0.1) is 0 Å². The summed E-state index contributed by atoms with van der Waals surface area (Å²) in [4.78, 5) is 4.30. The van der Waals surface area contributed by atoms with Crippen LogP contribution in [-0.2, 0) is 0 Å². The second kappa shape index (κ2) is 4.31. The molecule has 0 saturated carbocycles. The zero-order chi connectivity index (χ0) is 12.5. The topological polar surface area (TPSA) is 38.9 Å². The SMILES string of the molecule is Nc1ccc(-c2ccc3ncccc3c2)c(Cl)c1. The van der Waals surface area contributed by atoms with Crippen molar-refractivity contribution in [3.05, 3.63) is 59.8 Å². The number of hydrogen-bond donors (Lipinski definition) is 1. The zero-order valence-electron chi connectivity index (χ0n) is 9.60. The van der Waals surface area contributed by atoms with Gasteiger partial charge in [0.15, 0.2) is 0 Å². The molecule has 2 N–H and O–H groups in total. The van der Waals surface area contributed by atoms with Crippen LogP contribution in [0.5, 0.6) is 0 Å². The average Bonchev–Trinajstić information content (AvgIpc) is 2.38. The van der Waals surface area contributed by atoms with Gasteiger partial charge >= 0.3 is 0 Å². The summed E-state index contributed by atoms with van der Waals surface area (Å²) in [5.41, 5.74) is 9.41. The second-order valence-corrected chi connectivity index (χ2v) is 4.56. The van der Waals surface area contributed by atoms with Crippen molar-refractivity contribution in [1.29, 1.82) is 0 Å². The fraction of sp³-hybridized carbons (Fsp3) is 0. The van der Waals surface area contributed by atoms with Crippen LogP contribution in [0, 0.1) is 0 Å². The molecule has 2 nitrogen and oxygen atoms in total. The second-order valence-electron chi connectivity index (χ2n) is 4.15. The predicted octanol–water partition coefficient (Wildman–Crippen LogP) is 4.14. The standard InChI is InChI=1S/C15H11ClN2/c16-14-9-12(17)4-5-13(14)10-3-6-15-11(8-10)2-1-7-18-15/h1-9H,17H2. The minimum absolute atomic E-state index is 0.665. The van der Waals surface area contributed by atoms with Crippen LogP contribution in [0.15, 0.2) is 54.7 Å². The molecule has 0 amide bonds. The van der Waals surface area contributed by atoms with Crippen molar-refractivity contribution < 1.29 is 0 Å². The summed E-state index contributed by atoms with van der Waals surface area (Å²) in [5, 5.41) is 1.76. The molecule has 1 aromatic heterocycles. The molecule has 1 heterocycles. The molecule has 0 aliphatic rings. The van der Waals surface area contributed by atoms with Gasteiger partial charge in [-0.25, -0.2) is 0 Å². The Morgan fingerprint density at radius 1 is 1.00 bits per heavy atom. The smallest absolute Gasteiger partial charge is 0.0702 e. The number of rotatable bonds is 1. The highest BCUT2D eigenvalue weighted by molar-refractivity contribution is 6.33. The van der Waals surface area contributed by atoms with E-state index < -0.39 is 0 Å². The van der Waals surface area contributed by atoms with Crippen molar-refractivity contribution in [2.24, 2.45) is 0 Å². The number of anilines is 1. The maximum Gasteiger partial charge on any atom is 0.0702 e. The Bertz CT molecular complexity index is 723. The molecule has 0 unspecified atom stereocenters. The molecule has 3 rings (SSSR count). The molecule has 0 aliphatic heterocycles. The third kappa shape index (κ3) is 1.91. The van der Waals surface area contributed by atoms with Gasteiger partial charge in [-0.05, 0) is 35.9 Å². The quantitative estimate of drug-likeness (QED) is 0.663. The van der Waals surface area contributed by atoms with Gasteiger partial charge in [0, 0.05) is 22.8 Å². The molecule has 0 bridgehead atoms. The minimum Gasteiger partial charge on any atom is -0.399 e. The molecular formula is C15H11ClN2. The van der Waals surface area contributed by atoms with Gasteiger partial charge in [0.05, 0.1) is 10.5 Å². The summed E-state index contributed by atoms with van der Waals surface area (Å²) in [6.07, 6.45) is 1.79. The van der Waals surface area contributed by atoms with Crippen molar-refractivity contribution >= 4 is 28.2 Å². The van der Waals surface area contributed by atoms with Crippen LogP contribution in [0.3, 0.4) is 0 Å². The number of halogens is 1. The first-order valence-corrected chi connectivity index (χ1v) is 6.02. The van der Waals surface area contributed by atoms with E-state index in [-0.39, 0.29) is 0 Å². The number of aromatic nitrogens is 1. The van der Waals surface area contributed by atoms with Crippen LogP contribution in [0.2, 0.25) is 5.02 Å². The molecule has 0 saturated heterocycles. The van der Waals surface area contributed by atoms with Crippen molar-refractivity contribution in [2.75, 3.05) is 5.73 Å². The first kappa shape index (κ1) is 11.1. The van der Waals surface area contributed by atoms with Gasteiger partial charge in [-0.2, -0.15) is 0 Å². The summed E-state index contributed by atoms with van der Waals surface area (Å²) in [7, 11) is 0. The van der Waals surface area contributed by atoms with E-state index in [1.54, 1.807) is 12.3 Å². The van der Waals surface area contributed by atoms with Gasteiger partial charge in [0.25, 0.3) is 0 Å². The number of benzene rings is 2. The van der Waals surface area contributed by atoms with Gasteiger partial charge in [-0.1, -0.05) is 29.8 Å². The molecule has 3 aromatic rings. The molecule has 0 radical (unpaired) electrons. The normalized spacial score (nSPS) is 10.7. The lowest BCUT2D eigenvalue weighted by atomic mass is 10.0. The van der Waals surface area contributed by atoms with Crippen LogP contribution >= 0.6 is 11.6 Å². The van der Waals surface area contributed by atoms with Gasteiger partial charge in [-0.3, -0.25) is 4.98 Å². The zero-order valence-corrected chi connectivity index (χ0v) is 10.4. The lowest BCUT2D eigenvalue weighted by Gasteiger charge is -2.06. The fourth-order valence-corrected chi connectivity index (χ4v) is 2.31. The van der Waals surface area contributed by atoms with E-state index in [4.69, 9.17) is 17.3 Å². The lowest BCUT2D eigenvalue weighted by molar-refractivity contribution is 1.41. The van der Waals surface area contributed by atoms with E-state index in [0.29, 0.717) is 10.7 Å². The Labute approximate surface area is 110 Å². The third-order valence-electron chi connectivity index (χ3n) is 2.91. The summed E-state index contributed by atoms with van der Waals surface area (Å²) in [6, 6.07) is 15.6. The van der Waals surface area contributed by atoms with Crippen LogP contribution in [-0.4, -0.2) is 4.98 Å². The van der Waals surface area contributed by atoms with Crippen LogP contribution < -0.4 is 5.73 Å². The number of nitrogen functional groups attached to an aromatic ring is 1. The number of nitrogens with two attached hydrogens (primary N) is 1. The number of fused-ring (bicyclic) bond motifs is 1. The summed E-state index contributed by atoms with van der Waals surface area (Å²) < 4.78 is 0. The van der Waals surface area contributed by atoms with Gasteiger partial charge in [0.2, 0.25) is 0 Å². The predicted molar refractivity (Wildman–Crippen MR) is 76.6 cm³/mol. The van der Waals surface area contributed by atoms with Gasteiger partial charge in [0.1, 0.15) is 0 Å². The van der Waals surface area contributed by atoms with E-state index in [0.717, 1.165) is 22.0 Å². The molecule has 2 aromatic carbocycles. The highest BCUT2D eigenvalue weighted by Gasteiger charge is 2.05. The molecule has 3 heteroatoms. The Balaban J connectivity index is 2.19. The third-order valence-corrected chi connectivity index (χ3v) is 3.22. The monoisotopic (exact) mass is 254 g/mol. The van der Waals surface area contributed by atoms with Crippen molar-refractivity contribution in [3.63, 3.8) is 0 Å². The van der Waals surface area contributed by atoms with E-state index in [2.05, 4.69) is 11.1 Å². The Morgan fingerprint density at radius 3 is 2.72 bits per heavy atom. The Kier molecular flexibility index (Phi) is 2.65. The van der Waals surface area contributed by atoms with Gasteiger partial charge < -0.3 is 5.73 Å². The maximum atomic E-state index is 6.22. The van der Waals surface area contributed by atoms with E-state index in [1.807, 2.05) is 36.4 Å². The van der Waals surface area contributed by atoms with E-state index in [9.17, 15) is 0 Å². The van der Waals surface area contributed by atoms with Crippen LogP contribution in [0.25, 0.3) is 22.0 Å². The minimum atomic E-state index is 0.665. The van der Waals surface area contributed by atoms with Crippen LogP contribution in [0.4, 0.5) is 5.69 Å².